The van der Waals surface area contributed by atoms with E-state index < -0.39 is 11.9 Å². The van der Waals surface area contributed by atoms with E-state index in [1.54, 1.807) is 0 Å². The number of nitrogens with zero attached hydrogens (tertiary/aromatic N) is 4. The van der Waals surface area contributed by atoms with E-state index in [-0.39, 0.29) is 17.8 Å². The van der Waals surface area contributed by atoms with Gasteiger partial charge in [0.2, 0.25) is 0 Å². The number of benzene rings is 4. The molecule has 1 aliphatic heterocycles. The molecule has 42 heavy (non-hydrogen) atoms. The summed E-state index contributed by atoms with van der Waals surface area (Å²) in [6, 6.07) is 29.0. The van der Waals surface area contributed by atoms with Crippen molar-refractivity contribution in [3.8, 4) is 0 Å². The lowest BCUT2D eigenvalue weighted by atomic mass is 10.1. The number of hydrogen-bond donors (Lipinski definition) is 0. The molecule has 210 valence electrons. The van der Waals surface area contributed by atoms with Gasteiger partial charge in [0.25, 0.3) is 0 Å². The largest absolute Gasteiger partial charge is 0.466 e. The fourth-order valence-electron chi connectivity index (χ4n) is 6.39. The van der Waals surface area contributed by atoms with Crippen molar-refractivity contribution in [2.45, 2.75) is 0 Å². The standard InChI is InChI=1S/C34H30N4O4/c1-35-28-11-7-5-9-23(28)25-17-21(13-15-30(25)35)37-19-27(33(39)41-3)32(34(40)42-4)38(20-37)22-14-16-31-26(18-22)24-10-6-8-12-29(24)36(31)2/h5-18H,19-20H2,1-4H3. The number of esters is 2. The van der Waals surface area contributed by atoms with E-state index >= 15 is 0 Å². The van der Waals surface area contributed by atoms with E-state index in [4.69, 9.17) is 9.47 Å². The molecule has 0 bridgehead atoms. The molecule has 0 fully saturated rings. The molecule has 0 atom stereocenters. The van der Waals surface area contributed by atoms with Gasteiger partial charge < -0.3 is 28.4 Å². The highest BCUT2D eigenvalue weighted by atomic mass is 16.5. The van der Waals surface area contributed by atoms with Gasteiger partial charge in [-0.05, 0) is 48.5 Å². The van der Waals surface area contributed by atoms with Crippen LogP contribution in [0, 0.1) is 0 Å². The Morgan fingerprint density at radius 3 is 1.69 bits per heavy atom. The Morgan fingerprint density at radius 2 is 1.12 bits per heavy atom. The summed E-state index contributed by atoms with van der Waals surface area (Å²) in [5.41, 5.74) is 6.60. The molecule has 0 saturated heterocycles. The number of fused-ring (bicyclic) bond motifs is 6. The predicted molar refractivity (Wildman–Crippen MR) is 167 cm³/mol. The summed E-state index contributed by atoms with van der Waals surface area (Å²) >= 11 is 0. The first-order valence-corrected chi connectivity index (χ1v) is 13.8. The van der Waals surface area contributed by atoms with Crippen LogP contribution in [-0.4, -0.2) is 48.5 Å². The van der Waals surface area contributed by atoms with Crippen LogP contribution >= 0.6 is 0 Å². The van der Waals surface area contributed by atoms with Crippen LogP contribution in [-0.2, 0) is 33.2 Å². The smallest absolute Gasteiger partial charge is 0.355 e. The second-order valence-electron chi connectivity index (χ2n) is 10.6. The number of aryl methyl sites for hydroxylation is 2. The lowest BCUT2D eigenvalue weighted by Gasteiger charge is -2.39. The number of methoxy groups -OCH3 is 2. The Hall–Kier alpha value is -5.24. The van der Waals surface area contributed by atoms with Crippen molar-refractivity contribution >= 4 is 66.9 Å². The summed E-state index contributed by atoms with van der Waals surface area (Å²) in [7, 11) is 6.78. The van der Waals surface area contributed by atoms with Crippen molar-refractivity contribution in [3.63, 3.8) is 0 Å². The summed E-state index contributed by atoms with van der Waals surface area (Å²) in [5, 5.41) is 4.45. The van der Waals surface area contributed by atoms with Gasteiger partial charge in [-0.2, -0.15) is 0 Å². The van der Waals surface area contributed by atoms with E-state index in [1.165, 1.54) is 14.2 Å². The lowest BCUT2D eigenvalue weighted by Crippen LogP contribution is -2.48. The Labute approximate surface area is 242 Å². The number of carbonyl (C=O) groups excluding carboxylic acids is 2. The molecule has 8 nitrogen and oxygen atoms in total. The van der Waals surface area contributed by atoms with E-state index in [0.717, 1.165) is 55.0 Å². The summed E-state index contributed by atoms with van der Waals surface area (Å²) < 4.78 is 14.7. The van der Waals surface area contributed by atoms with Crippen molar-refractivity contribution in [1.29, 1.82) is 0 Å². The minimum absolute atomic E-state index is 0.187. The molecule has 8 heteroatoms. The van der Waals surface area contributed by atoms with E-state index in [0.29, 0.717) is 6.67 Å². The maximum absolute atomic E-state index is 13.3. The van der Waals surface area contributed by atoms with E-state index in [2.05, 4.69) is 75.7 Å². The molecule has 0 N–H and O–H groups in total. The molecule has 0 spiro atoms. The monoisotopic (exact) mass is 558 g/mol. The van der Waals surface area contributed by atoms with E-state index in [9.17, 15) is 9.59 Å². The second kappa shape index (κ2) is 9.69. The molecular weight excluding hydrogens is 528 g/mol. The molecule has 0 radical (unpaired) electrons. The maximum atomic E-state index is 13.3. The zero-order valence-corrected chi connectivity index (χ0v) is 23.9. The molecule has 3 heterocycles. The predicted octanol–water partition coefficient (Wildman–Crippen LogP) is 5.86. The molecule has 2 aromatic heterocycles. The van der Waals surface area contributed by atoms with Gasteiger partial charge >= 0.3 is 11.9 Å². The highest BCUT2D eigenvalue weighted by Gasteiger charge is 2.35. The van der Waals surface area contributed by atoms with Crippen LogP contribution in [0.5, 0.6) is 0 Å². The number of hydrogen-bond acceptors (Lipinski definition) is 6. The summed E-state index contributed by atoms with van der Waals surface area (Å²) in [6.07, 6.45) is 0. The van der Waals surface area contributed by atoms with Gasteiger partial charge in [0.1, 0.15) is 5.70 Å². The molecule has 0 amide bonds. The zero-order valence-electron chi connectivity index (χ0n) is 23.9. The quantitative estimate of drug-likeness (QED) is 0.253. The van der Waals surface area contributed by atoms with Gasteiger partial charge in [-0.25, -0.2) is 9.59 Å². The normalized spacial score (nSPS) is 14.0. The second-order valence-corrected chi connectivity index (χ2v) is 10.6. The van der Waals surface area contributed by atoms with Crippen LogP contribution in [0.25, 0.3) is 43.6 Å². The first-order chi connectivity index (χ1) is 20.4. The number of ether oxygens (including phenoxy) is 2. The van der Waals surface area contributed by atoms with Crippen LogP contribution in [0.1, 0.15) is 0 Å². The van der Waals surface area contributed by atoms with E-state index in [1.807, 2.05) is 42.3 Å². The third-order valence-corrected chi connectivity index (χ3v) is 8.50. The zero-order chi connectivity index (χ0) is 29.1. The summed E-state index contributed by atoms with van der Waals surface area (Å²) in [6.45, 7) is 0.526. The average Bonchev–Trinajstić information content (AvgIpc) is 3.49. The number of carbonyl (C=O) groups is 2. The third kappa shape index (κ3) is 3.75. The fraction of sp³-hybridized carbons (Fsp3) is 0.176. The number of anilines is 2. The van der Waals surface area contributed by atoms with Crippen molar-refractivity contribution in [2.75, 3.05) is 37.2 Å². The topological polar surface area (TPSA) is 68.9 Å². The van der Waals surface area contributed by atoms with Gasteiger partial charge in [0, 0.05) is 69.1 Å². The third-order valence-electron chi connectivity index (χ3n) is 8.50. The summed E-state index contributed by atoms with van der Waals surface area (Å²) in [5.74, 6) is -1.15. The fourth-order valence-corrected chi connectivity index (χ4v) is 6.39. The van der Waals surface area contributed by atoms with Gasteiger partial charge in [0.05, 0.1) is 33.0 Å². The Morgan fingerprint density at radius 1 is 0.619 bits per heavy atom. The van der Waals surface area contributed by atoms with Crippen molar-refractivity contribution < 1.29 is 19.1 Å². The maximum Gasteiger partial charge on any atom is 0.355 e. The molecular formula is C34H30N4O4. The first kappa shape index (κ1) is 25.7. The van der Waals surface area contributed by atoms with Crippen molar-refractivity contribution in [3.05, 3.63) is 96.2 Å². The van der Waals surface area contributed by atoms with Crippen LogP contribution < -0.4 is 9.80 Å². The van der Waals surface area contributed by atoms with Crippen molar-refractivity contribution in [1.82, 2.24) is 9.13 Å². The van der Waals surface area contributed by atoms with Gasteiger partial charge in [-0.1, -0.05) is 36.4 Å². The molecule has 7 rings (SSSR count). The van der Waals surface area contributed by atoms with Crippen molar-refractivity contribution in [2.24, 2.45) is 14.1 Å². The average molecular weight is 559 g/mol. The Balaban J connectivity index is 1.41. The molecule has 4 aromatic carbocycles. The van der Waals surface area contributed by atoms with Crippen LogP contribution in [0.15, 0.2) is 96.2 Å². The van der Waals surface area contributed by atoms with Gasteiger partial charge in [0.15, 0.2) is 0 Å². The molecule has 6 aromatic rings. The lowest BCUT2D eigenvalue weighted by molar-refractivity contribution is -0.139. The molecule has 0 saturated carbocycles. The number of aromatic nitrogens is 2. The van der Waals surface area contributed by atoms with Gasteiger partial charge in [-0.3, -0.25) is 0 Å². The number of para-hydroxylation sites is 2. The minimum Gasteiger partial charge on any atom is -0.466 e. The van der Waals surface area contributed by atoms with Crippen LogP contribution in [0.3, 0.4) is 0 Å². The number of rotatable bonds is 4. The summed E-state index contributed by atoms with van der Waals surface area (Å²) in [4.78, 5) is 30.4. The SMILES string of the molecule is COC(=O)C1=C(C(=O)OC)N(c2ccc3c(c2)c2ccccc2n3C)CN(c2ccc3c(c2)c2ccccc2n3C)C1. The van der Waals surface area contributed by atoms with Crippen LogP contribution in [0.2, 0.25) is 0 Å². The Kier molecular flexibility index (Phi) is 5.93. The highest BCUT2D eigenvalue weighted by Crippen LogP contribution is 2.37. The minimum atomic E-state index is -0.586. The first-order valence-electron chi connectivity index (χ1n) is 13.8. The molecule has 0 aliphatic carbocycles. The van der Waals surface area contributed by atoms with Gasteiger partial charge in [-0.15, -0.1) is 0 Å². The molecule has 0 unspecified atom stereocenters. The Bertz CT molecular complexity index is 2100. The highest BCUT2D eigenvalue weighted by molar-refractivity contribution is 6.11. The molecule has 1 aliphatic rings. The van der Waals surface area contributed by atoms with Crippen LogP contribution in [0.4, 0.5) is 11.4 Å².